The third-order valence-corrected chi connectivity index (χ3v) is 2.35. The summed E-state index contributed by atoms with van der Waals surface area (Å²) in [5.41, 5.74) is 1.04. The van der Waals surface area contributed by atoms with Crippen LogP contribution in [0.25, 0.3) is 0 Å². The summed E-state index contributed by atoms with van der Waals surface area (Å²) in [7, 11) is 1.63. The number of hydrogen-bond donors (Lipinski definition) is 1. The number of methoxy groups -OCH3 is 1. The molecule has 0 heterocycles. The molecule has 0 saturated carbocycles. The molecule has 1 N–H and O–H groups in total. The Morgan fingerprint density at radius 3 is 2.59 bits per heavy atom. The maximum atomic E-state index is 9.26. The van der Waals surface area contributed by atoms with Gasteiger partial charge in [0.1, 0.15) is 18.5 Å². The van der Waals surface area contributed by atoms with Gasteiger partial charge in [-0.15, -0.1) is 0 Å². The van der Waals surface area contributed by atoms with Crippen molar-refractivity contribution in [2.75, 3.05) is 7.11 Å². The highest BCUT2D eigenvalue weighted by atomic mass is 16.5. The van der Waals surface area contributed by atoms with Gasteiger partial charge in [0, 0.05) is 6.42 Å². The van der Waals surface area contributed by atoms with Crippen LogP contribution in [0.15, 0.2) is 24.3 Å². The van der Waals surface area contributed by atoms with Crippen LogP contribution in [-0.2, 0) is 11.3 Å². The predicted octanol–water partition coefficient (Wildman–Crippen LogP) is 2.33. The average Bonchev–Trinajstić information content (AvgIpc) is 2.38. The first-order valence-electron chi connectivity index (χ1n) is 5.67. The van der Waals surface area contributed by atoms with Gasteiger partial charge in [-0.3, -0.25) is 0 Å². The zero-order chi connectivity index (χ0) is 12.5. The van der Waals surface area contributed by atoms with Crippen LogP contribution in [0.2, 0.25) is 0 Å². The van der Waals surface area contributed by atoms with Crippen LogP contribution < -0.4 is 4.74 Å². The van der Waals surface area contributed by atoms with Crippen molar-refractivity contribution in [3.63, 3.8) is 0 Å². The van der Waals surface area contributed by atoms with Crippen molar-refractivity contribution < 1.29 is 14.6 Å². The van der Waals surface area contributed by atoms with Gasteiger partial charge in [0.15, 0.2) is 0 Å². The molecule has 1 aromatic rings. The molecule has 1 rings (SSSR count). The van der Waals surface area contributed by atoms with Gasteiger partial charge in [-0.2, -0.15) is 0 Å². The van der Waals surface area contributed by atoms with Gasteiger partial charge in [0.25, 0.3) is 0 Å². The fourth-order valence-electron chi connectivity index (χ4n) is 1.20. The summed E-state index contributed by atoms with van der Waals surface area (Å²) in [5.74, 6) is 3.61. The van der Waals surface area contributed by atoms with E-state index in [0.717, 1.165) is 11.3 Å². The first-order chi connectivity index (χ1) is 8.26. The molecule has 0 aliphatic carbocycles. The van der Waals surface area contributed by atoms with Gasteiger partial charge < -0.3 is 14.6 Å². The molecule has 0 unspecified atom stereocenters. The molecule has 0 saturated heterocycles. The summed E-state index contributed by atoms with van der Waals surface area (Å²) in [6, 6.07) is 7.63. The van der Waals surface area contributed by atoms with Crippen LogP contribution in [0, 0.1) is 12.0 Å². The van der Waals surface area contributed by atoms with Crippen LogP contribution >= 0.6 is 0 Å². The van der Waals surface area contributed by atoms with Gasteiger partial charge in [0.2, 0.25) is 0 Å². The fourth-order valence-corrected chi connectivity index (χ4v) is 1.20. The first kappa shape index (κ1) is 13.4. The minimum absolute atomic E-state index is 0.355. The van der Waals surface area contributed by atoms with Gasteiger partial charge in [0.05, 0.1) is 13.2 Å². The lowest BCUT2D eigenvalue weighted by Crippen LogP contribution is -2.01. The van der Waals surface area contributed by atoms with E-state index in [4.69, 9.17) is 9.47 Å². The lowest BCUT2D eigenvalue weighted by Gasteiger charge is -2.02. The quantitative estimate of drug-likeness (QED) is 0.795. The topological polar surface area (TPSA) is 38.7 Å². The molecule has 92 valence electrons. The Hall–Kier alpha value is -1.66. The van der Waals surface area contributed by atoms with Crippen LogP contribution in [-0.4, -0.2) is 18.3 Å². The van der Waals surface area contributed by atoms with Crippen LogP contribution in [0.1, 0.15) is 25.3 Å². The van der Waals surface area contributed by atoms with Crippen molar-refractivity contribution in [1.29, 1.82) is 0 Å². The Morgan fingerprint density at radius 1 is 1.29 bits per heavy atom. The third kappa shape index (κ3) is 5.28. The van der Waals surface area contributed by atoms with Crippen molar-refractivity contribution in [2.24, 2.45) is 0 Å². The van der Waals surface area contributed by atoms with E-state index < -0.39 is 0 Å². The minimum atomic E-state index is -0.355. The summed E-state index contributed by atoms with van der Waals surface area (Å²) in [6.45, 7) is 2.36. The second kappa shape index (κ2) is 7.59. The van der Waals surface area contributed by atoms with E-state index in [2.05, 4.69) is 12.0 Å². The van der Waals surface area contributed by atoms with Crippen LogP contribution in [0.3, 0.4) is 0 Å². The Morgan fingerprint density at radius 2 is 2.00 bits per heavy atom. The van der Waals surface area contributed by atoms with E-state index in [9.17, 15) is 5.11 Å². The summed E-state index contributed by atoms with van der Waals surface area (Å²) >= 11 is 0. The van der Waals surface area contributed by atoms with Gasteiger partial charge in [-0.1, -0.05) is 25.0 Å². The molecular weight excluding hydrogens is 216 g/mol. The van der Waals surface area contributed by atoms with E-state index in [0.29, 0.717) is 19.4 Å². The molecule has 3 heteroatoms. The number of hydrogen-bond acceptors (Lipinski definition) is 3. The van der Waals surface area contributed by atoms with Gasteiger partial charge in [-0.25, -0.2) is 0 Å². The van der Waals surface area contributed by atoms with E-state index >= 15 is 0 Å². The molecule has 3 nitrogen and oxygen atoms in total. The summed E-state index contributed by atoms with van der Waals surface area (Å²) in [5, 5.41) is 9.26. The molecule has 0 bridgehead atoms. The fraction of sp³-hybridized carbons (Fsp3) is 0.429. The second-order valence-corrected chi connectivity index (χ2v) is 3.68. The van der Waals surface area contributed by atoms with E-state index in [1.807, 2.05) is 31.2 Å². The molecule has 17 heavy (non-hydrogen) atoms. The predicted molar refractivity (Wildman–Crippen MR) is 66.5 cm³/mol. The lowest BCUT2D eigenvalue weighted by molar-refractivity contribution is 0.175. The number of rotatable bonds is 5. The molecule has 1 atom stereocenters. The number of aliphatic hydroxyl groups is 1. The van der Waals surface area contributed by atoms with E-state index in [1.54, 1.807) is 7.11 Å². The summed E-state index contributed by atoms with van der Waals surface area (Å²) < 4.78 is 10.2. The molecular formula is C14H18O3. The first-order valence-corrected chi connectivity index (χ1v) is 5.67. The van der Waals surface area contributed by atoms with Crippen LogP contribution in [0.4, 0.5) is 0 Å². The highest BCUT2D eigenvalue weighted by molar-refractivity contribution is 5.26. The molecule has 0 aliphatic heterocycles. The van der Waals surface area contributed by atoms with Gasteiger partial charge >= 0.3 is 0 Å². The van der Waals surface area contributed by atoms with Crippen molar-refractivity contribution in [2.45, 2.75) is 32.5 Å². The number of benzene rings is 1. The largest absolute Gasteiger partial charge is 0.497 e. The molecule has 0 aromatic heterocycles. The zero-order valence-electron chi connectivity index (χ0n) is 10.3. The molecule has 0 amide bonds. The lowest BCUT2D eigenvalue weighted by atomic mass is 10.2. The van der Waals surface area contributed by atoms with E-state index in [-0.39, 0.29) is 6.10 Å². The Kier molecular flexibility index (Phi) is 5.98. The SMILES string of the molecule is CC[C@H](O)CC#COCc1ccc(OC)cc1. The summed E-state index contributed by atoms with van der Waals surface area (Å²) in [6.07, 6.45) is 3.40. The molecule has 0 radical (unpaired) electrons. The number of ether oxygens (including phenoxy) is 2. The van der Waals surface area contributed by atoms with Crippen molar-refractivity contribution >= 4 is 0 Å². The monoisotopic (exact) mass is 234 g/mol. The molecule has 1 aromatic carbocycles. The minimum Gasteiger partial charge on any atom is -0.497 e. The van der Waals surface area contributed by atoms with Crippen molar-refractivity contribution in [3.05, 3.63) is 29.8 Å². The highest BCUT2D eigenvalue weighted by Gasteiger charge is 1.96. The smallest absolute Gasteiger partial charge is 0.125 e. The van der Waals surface area contributed by atoms with Crippen molar-refractivity contribution in [1.82, 2.24) is 0 Å². The highest BCUT2D eigenvalue weighted by Crippen LogP contribution is 2.11. The molecule has 0 fully saturated rings. The number of aliphatic hydroxyl groups excluding tert-OH is 1. The van der Waals surface area contributed by atoms with E-state index in [1.165, 1.54) is 0 Å². The maximum Gasteiger partial charge on any atom is 0.125 e. The maximum absolute atomic E-state index is 9.26. The third-order valence-electron chi connectivity index (χ3n) is 2.35. The zero-order valence-corrected chi connectivity index (χ0v) is 10.3. The molecule has 0 aliphatic rings. The standard InChI is InChI=1S/C14H18O3/c1-3-13(15)5-4-10-17-11-12-6-8-14(16-2)9-7-12/h6-9,13,15H,3,5,11H2,1-2H3/t13-/m0/s1. The Labute approximate surface area is 102 Å². The van der Waals surface area contributed by atoms with Crippen LogP contribution in [0.5, 0.6) is 5.75 Å². The Bertz CT molecular complexity index is 373. The normalized spacial score (nSPS) is 11.2. The van der Waals surface area contributed by atoms with Crippen molar-refractivity contribution in [3.8, 4) is 17.8 Å². The Balaban J connectivity index is 2.30. The van der Waals surface area contributed by atoms with Gasteiger partial charge in [-0.05, 0) is 24.1 Å². The average molecular weight is 234 g/mol. The second-order valence-electron chi connectivity index (χ2n) is 3.68. The molecule has 0 spiro atoms. The summed E-state index contributed by atoms with van der Waals surface area (Å²) in [4.78, 5) is 0.